The lowest BCUT2D eigenvalue weighted by Gasteiger charge is -2.10. The molecule has 0 atom stereocenters. The van der Waals surface area contributed by atoms with Crippen molar-refractivity contribution < 1.29 is 24.5 Å². The molecule has 0 unspecified atom stereocenters. The highest BCUT2D eigenvalue weighted by molar-refractivity contribution is 6.00. The zero-order valence-corrected chi connectivity index (χ0v) is 16.0. The highest BCUT2D eigenvalue weighted by Gasteiger charge is 2.09. The monoisotopic (exact) mass is 384 g/mol. The van der Waals surface area contributed by atoms with Gasteiger partial charge in [0.25, 0.3) is 0 Å². The van der Waals surface area contributed by atoms with Crippen LogP contribution in [-0.2, 0) is 16.0 Å². The van der Waals surface area contributed by atoms with E-state index in [9.17, 15) is 4.79 Å². The third-order valence-corrected chi connectivity index (χ3v) is 3.85. The maximum Gasteiger partial charge on any atom is 0.371 e. The molecule has 0 amide bonds. The summed E-state index contributed by atoms with van der Waals surface area (Å²) in [5.41, 5.74) is 2.98. The van der Waals surface area contributed by atoms with Crippen LogP contribution < -0.4 is 4.74 Å². The molecular formula is C21H24N2O5. The number of carbonyl (C=O) groups is 1. The Labute approximate surface area is 164 Å². The predicted molar refractivity (Wildman–Crippen MR) is 106 cm³/mol. The van der Waals surface area contributed by atoms with E-state index in [1.807, 2.05) is 12.1 Å². The molecule has 0 saturated heterocycles. The van der Waals surface area contributed by atoms with Crippen molar-refractivity contribution in [3.8, 4) is 5.75 Å². The molecule has 0 aliphatic carbocycles. The van der Waals surface area contributed by atoms with Gasteiger partial charge in [-0.2, -0.15) is 0 Å². The summed E-state index contributed by atoms with van der Waals surface area (Å²) in [6.45, 7) is 3.85. The fraction of sp³-hybridized carbons (Fsp3) is 0.286. The van der Waals surface area contributed by atoms with Gasteiger partial charge < -0.3 is 19.7 Å². The molecule has 1 aromatic heterocycles. The topological polar surface area (TPSA) is 101 Å². The molecule has 1 heterocycles. The summed E-state index contributed by atoms with van der Waals surface area (Å²) in [5, 5.41) is 18.3. The van der Waals surface area contributed by atoms with Crippen molar-refractivity contribution in [1.29, 1.82) is 0 Å². The van der Waals surface area contributed by atoms with Gasteiger partial charge >= 0.3 is 5.97 Å². The summed E-state index contributed by atoms with van der Waals surface area (Å²) in [5.74, 6) is -0.648. The Kier molecular flexibility index (Phi) is 8.17. The minimum atomic E-state index is -1.12. The van der Waals surface area contributed by atoms with Crippen LogP contribution in [0.2, 0.25) is 0 Å². The number of aromatic nitrogens is 1. The number of nitrogens with zero attached hydrogens (tertiary/aromatic N) is 2. The van der Waals surface area contributed by atoms with Gasteiger partial charge in [-0.3, -0.25) is 9.98 Å². The average molecular weight is 384 g/mol. The molecular weight excluding hydrogens is 360 g/mol. The summed E-state index contributed by atoms with van der Waals surface area (Å²) >= 11 is 0. The zero-order valence-electron chi connectivity index (χ0n) is 16.0. The molecule has 0 fully saturated rings. The van der Waals surface area contributed by atoms with Gasteiger partial charge in [-0.25, -0.2) is 4.79 Å². The van der Waals surface area contributed by atoms with Gasteiger partial charge in [0, 0.05) is 6.20 Å². The van der Waals surface area contributed by atoms with Crippen LogP contribution in [0, 0.1) is 0 Å². The normalized spacial score (nSPS) is 12.0. The minimum absolute atomic E-state index is 0.116. The number of aliphatic imine (C=N–C) groups is 1. The number of rotatable bonds is 10. The molecule has 2 N–H and O–H groups in total. The number of aryl methyl sites for hydroxylation is 1. The summed E-state index contributed by atoms with van der Waals surface area (Å²) in [7, 11) is 0. The van der Waals surface area contributed by atoms with Crippen LogP contribution in [0.4, 0.5) is 0 Å². The Bertz CT molecular complexity index is 827. The summed E-state index contributed by atoms with van der Waals surface area (Å²) in [6, 6.07) is 10.7. The average Bonchev–Trinajstić information content (AvgIpc) is 2.72. The van der Waals surface area contributed by atoms with Gasteiger partial charge in [-0.15, -0.1) is 0 Å². The fourth-order valence-corrected chi connectivity index (χ4v) is 2.37. The van der Waals surface area contributed by atoms with E-state index in [1.54, 1.807) is 37.4 Å². The number of benzene rings is 1. The second kappa shape index (κ2) is 10.8. The highest BCUT2D eigenvalue weighted by Crippen LogP contribution is 2.16. The number of pyridine rings is 1. The van der Waals surface area contributed by atoms with Crippen LogP contribution in [-0.4, -0.2) is 46.8 Å². The Morgan fingerprint density at radius 3 is 2.46 bits per heavy atom. The summed E-state index contributed by atoms with van der Waals surface area (Å²) in [4.78, 5) is 19.5. The number of hydrogen-bond acceptors (Lipinski definition) is 6. The van der Waals surface area contributed by atoms with E-state index in [0.29, 0.717) is 22.7 Å². The lowest BCUT2D eigenvalue weighted by molar-refractivity contribution is -0.136. The Balaban J connectivity index is 2.06. The molecule has 0 aliphatic rings. The van der Waals surface area contributed by atoms with Crippen molar-refractivity contribution >= 4 is 17.8 Å². The molecule has 0 bridgehead atoms. The first-order valence-electron chi connectivity index (χ1n) is 8.97. The maximum atomic E-state index is 11.1. The first-order chi connectivity index (χ1) is 13.6. The van der Waals surface area contributed by atoms with Crippen LogP contribution in [0.5, 0.6) is 5.75 Å². The third-order valence-electron chi connectivity index (χ3n) is 3.85. The van der Waals surface area contributed by atoms with Crippen molar-refractivity contribution in [3.05, 3.63) is 65.2 Å². The molecule has 0 aliphatic heterocycles. The van der Waals surface area contributed by atoms with Crippen LogP contribution >= 0.6 is 0 Å². The number of carboxylic acid groups (broad SMARTS) is 1. The second-order valence-electron chi connectivity index (χ2n) is 5.76. The number of aliphatic hydroxyl groups excluding tert-OH is 1. The van der Waals surface area contributed by atoms with Crippen LogP contribution in [0.3, 0.4) is 0 Å². The molecule has 148 valence electrons. The van der Waals surface area contributed by atoms with Gasteiger partial charge in [-0.05, 0) is 48.7 Å². The smallest absolute Gasteiger partial charge is 0.371 e. The Morgan fingerprint density at radius 1 is 1.18 bits per heavy atom. The number of aliphatic carboxylic acids is 1. The van der Waals surface area contributed by atoms with Gasteiger partial charge in [0.2, 0.25) is 5.76 Å². The number of ether oxygens (including phenoxy) is 2. The highest BCUT2D eigenvalue weighted by atomic mass is 16.5. The quantitative estimate of drug-likeness (QED) is 0.371. The molecule has 0 saturated carbocycles. The Hall–Kier alpha value is -3.19. The van der Waals surface area contributed by atoms with Crippen molar-refractivity contribution in [3.63, 3.8) is 0 Å². The SMILES string of the molecule is CCO/C(=C\c1ccc(OCC(=NCO)c2ccc(CC)cn2)cc1)C(=O)O. The van der Waals surface area contributed by atoms with Gasteiger partial charge in [-0.1, -0.05) is 25.1 Å². The first-order valence-corrected chi connectivity index (χ1v) is 8.97. The van der Waals surface area contributed by atoms with Gasteiger partial charge in [0.05, 0.1) is 12.3 Å². The van der Waals surface area contributed by atoms with Crippen LogP contribution in [0.1, 0.15) is 30.7 Å². The first kappa shape index (κ1) is 21.1. The summed E-state index contributed by atoms with van der Waals surface area (Å²) < 4.78 is 10.8. The number of aliphatic hydroxyl groups is 1. The molecule has 0 spiro atoms. The van der Waals surface area contributed by atoms with E-state index in [0.717, 1.165) is 12.0 Å². The van der Waals surface area contributed by atoms with Crippen LogP contribution in [0.15, 0.2) is 53.3 Å². The molecule has 2 rings (SSSR count). The van der Waals surface area contributed by atoms with E-state index < -0.39 is 5.97 Å². The number of hydrogen-bond donors (Lipinski definition) is 2. The molecule has 2 aromatic rings. The molecule has 1 aromatic carbocycles. The molecule has 0 radical (unpaired) electrons. The van der Waals surface area contributed by atoms with Gasteiger partial charge in [0.1, 0.15) is 24.8 Å². The van der Waals surface area contributed by atoms with Crippen molar-refractivity contribution in [2.75, 3.05) is 19.9 Å². The molecule has 7 heteroatoms. The predicted octanol–water partition coefficient (Wildman–Crippen LogP) is 2.92. The van der Waals surface area contributed by atoms with E-state index in [-0.39, 0.29) is 25.7 Å². The van der Waals surface area contributed by atoms with E-state index in [4.69, 9.17) is 19.7 Å². The van der Waals surface area contributed by atoms with Crippen molar-refractivity contribution in [2.24, 2.45) is 4.99 Å². The number of carboxylic acids is 1. The lowest BCUT2D eigenvalue weighted by atomic mass is 10.2. The van der Waals surface area contributed by atoms with E-state index >= 15 is 0 Å². The molecule has 7 nitrogen and oxygen atoms in total. The standard InChI is InChI=1S/C21H24N2O5/c1-3-15-7-10-18(22-12-15)19(23-14-24)13-28-17-8-5-16(6-9-17)11-20(21(25)26)27-4-2/h5-12,24H,3-4,13-14H2,1-2H3,(H,25,26)/b20-11-,23-19?. The van der Waals surface area contributed by atoms with Crippen LogP contribution in [0.25, 0.3) is 6.08 Å². The fourth-order valence-electron chi connectivity index (χ4n) is 2.37. The lowest BCUT2D eigenvalue weighted by Crippen LogP contribution is -2.15. The minimum Gasteiger partial charge on any atom is -0.487 e. The zero-order chi connectivity index (χ0) is 20.4. The van der Waals surface area contributed by atoms with E-state index in [2.05, 4.69) is 16.9 Å². The van der Waals surface area contributed by atoms with E-state index in [1.165, 1.54) is 6.08 Å². The van der Waals surface area contributed by atoms with Gasteiger partial charge in [0.15, 0.2) is 0 Å². The molecule has 28 heavy (non-hydrogen) atoms. The third kappa shape index (κ3) is 6.21. The largest absolute Gasteiger partial charge is 0.487 e. The maximum absolute atomic E-state index is 11.1. The second-order valence-corrected chi connectivity index (χ2v) is 5.76. The van der Waals surface area contributed by atoms with Crippen molar-refractivity contribution in [2.45, 2.75) is 20.3 Å². The Morgan fingerprint density at radius 2 is 1.93 bits per heavy atom. The summed E-state index contributed by atoms with van der Waals surface area (Å²) in [6.07, 6.45) is 4.12. The van der Waals surface area contributed by atoms with Crippen molar-refractivity contribution in [1.82, 2.24) is 4.98 Å².